The third-order valence-corrected chi connectivity index (χ3v) is 2.71. The van der Waals surface area contributed by atoms with Crippen LogP contribution in [0.15, 0.2) is 36.5 Å². The highest BCUT2D eigenvalue weighted by atomic mass is 16.6. The number of nitrogens with one attached hydrogen (secondary N) is 1. The highest BCUT2D eigenvalue weighted by molar-refractivity contribution is 5.93. The number of aromatic nitrogens is 1. The van der Waals surface area contributed by atoms with Crippen LogP contribution in [0, 0.1) is 17.0 Å². The molecule has 0 atom stereocenters. The first-order valence-electron chi connectivity index (χ1n) is 5.69. The van der Waals surface area contributed by atoms with Gasteiger partial charge < -0.3 is 10.4 Å². The number of pyridine rings is 1. The molecule has 0 saturated carbocycles. The molecule has 1 aromatic heterocycles. The number of anilines is 2. The Balaban J connectivity index is 2.40. The molecule has 0 aliphatic heterocycles. The van der Waals surface area contributed by atoms with Gasteiger partial charge in [0, 0.05) is 18.0 Å². The summed E-state index contributed by atoms with van der Waals surface area (Å²) in [6.45, 7) is 1.79. The monoisotopic (exact) mass is 273 g/mol. The summed E-state index contributed by atoms with van der Waals surface area (Å²) in [6, 6.07) is 7.38. The number of aromatic carboxylic acids is 1. The fourth-order valence-electron chi connectivity index (χ4n) is 1.71. The van der Waals surface area contributed by atoms with Crippen molar-refractivity contribution in [2.45, 2.75) is 6.92 Å². The van der Waals surface area contributed by atoms with E-state index < -0.39 is 16.6 Å². The Kier molecular flexibility index (Phi) is 3.60. The summed E-state index contributed by atoms with van der Waals surface area (Å²) in [5.74, 6) is -1.33. The van der Waals surface area contributed by atoms with Gasteiger partial charge in [0.1, 0.15) is 5.56 Å². The molecule has 7 heteroatoms. The van der Waals surface area contributed by atoms with E-state index in [1.807, 2.05) is 0 Å². The van der Waals surface area contributed by atoms with Crippen LogP contribution in [0.4, 0.5) is 17.1 Å². The number of benzene rings is 1. The van der Waals surface area contributed by atoms with Crippen molar-refractivity contribution in [3.8, 4) is 0 Å². The maximum atomic E-state index is 10.9. The second-order valence-electron chi connectivity index (χ2n) is 4.06. The molecule has 0 fully saturated rings. The molecular weight excluding hydrogens is 262 g/mol. The van der Waals surface area contributed by atoms with Crippen molar-refractivity contribution in [3.63, 3.8) is 0 Å². The molecule has 7 nitrogen and oxygen atoms in total. The number of rotatable bonds is 4. The van der Waals surface area contributed by atoms with E-state index >= 15 is 0 Å². The molecule has 0 saturated heterocycles. The molecule has 2 rings (SSSR count). The van der Waals surface area contributed by atoms with E-state index in [1.54, 1.807) is 25.3 Å². The van der Waals surface area contributed by atoms with Crippen molar-refractivity contribution in [1.82, 2.24) is 4.98 Å². The smallest absolute Gasteiger partial charge is 0.342 e. The van der Waals surface area contributed by atoms with Gasteiger partial charge in [0.15, 0.2) is 0 Å². The van der Waals surface area contributed by atoms with Gasteiger partial charge in [-0.15, -0.1) is 0 Å². The maximum Gasteiger partial charge on any atom is 0.342 e. The molecule has 0 bridgehead atoms. The standard InChI is InChI=1S/C13H11N3O4/c1-8-11(3-2-6-14-8)15-9-4-5-10(13(17)18)12(7-9)16(19)20/h2-7,15H,1H3,(H,17,18). The summed E-state index contributed by atoms with van der Waals surface area (Å²) >= 11 is 0. The van der Waals surface area contributed by atoms with Crippen molar-refractivity contribution in [2.75, 3.05) is 5.32 Å². The van der Waals surface area contributed by atoms with E-state index in [4.69, 9.17) is 5.11 Å². The van der Waals surface area contributed by atoms with Gasteiger partial charge >= 0.3 is 5.97 Å². The number of carboxylic acids is 1. The summed E-state index contributed by atoms with van der Waals surface area (Å²) < 4.78 is 0. The van der Waals surface area contributed by atoms with Gasteiger partial charge in [-0.2, -0.15) is 0 Å². The predicted molar refractivity (Wildman–Crippen MR) is 72.3 cm³/mol. The van der Waals surface area contributed by atoms with Gasteiger partial charge in [0.2, 0.25) is 0 Å². The Morgan fingerprint density at radius 2 is 2.15 bits per heavy atom. The molecule has 0 unspecified atom stereocenters. The molecule has 0 amide bonds. The van der Waals surface area contributed by atoms with Crippen LogP contribution < -0.4 is 5.32 Å². The zero-order chi connectivity index (χ0) is 14.7. The lowest BCUT2D eigenvalue weighted by molar-refractivity contribution is -0.385. The van der Waals surface area contributed by atoms with E-state index in [1.165, 1.54) is 18.2 Å². The minimum absolute atomic E-state index is 0.344. The lowest BCUT2D eigenvalue weighted by Gasteiger charge is -2.09. The average Bonchev–Trinajstić information content (AvgIpc) is 2.41. The number of nitrogens with zero attached hydrogens (tertiary/aromatic N) is 2. The van der Waals surface area contributed by atoms with Crippen LogP contribution in [0.2, 0.25) is 0 Å². The number of carboxylic acid groups (broad SMARTS) is 1. The van der Waals surface area contributed by atoms with Gasteiger partial charge in [-0.05, 0) is 31.2 Å². The molecule has 102 valence electrons. The predicted octanol–water partition coefficient (Wildman–Crippen LogP) is 2.74. The topological polar surface area (TPSA) is 105 Å². The third-order valence-electron chi connectivity index (χ3n) is 2.71. The SMILES string of the molecule is Cc1ncccc1Nc1ccc(C(=O)O)c([N+](=O)[O-])c1. The summed E-state index contributed by atoms with van der Waals surface area (Å²) in [5, 5.41) is 22.8. The number of carbonyl (C=O) groups is 1. The molecule has 2 aromatic rings. The summed E-state index contributed by atoms with van der Waals surface area (Å²) in [4.78, 5) is 25.2. The largest absolute Gasteiger partial charge is 0.477 e. The Hall–Kier alpha value is -2.96. The van der Waals surface area contributed by atoms with Crippen LogP contribution in [0.3, 0.4) is 0 Å². The summed E-state index contributed by atoms with van der Waals surface area (Å²) in [5.41, 5.74) is 1.06. The zero-order valence-corrected chi connectivity index (χ0v) is 10.5. The summed E-state index contributed by atoms with van der Waals surface area (Å²) in [6.07, 6.45) is 1.64. The van der Waals surface area contributed by atoms with Gasteiger partial charge in [-0.25, -0.2) is 4.79 Å². The van der Waals surface area contributed by atoms with Crippen molar-refractivity contribution < 1.29 is 14.8 Å². The first-order chi connectivity index (χ1) is 9.49. The lowest BCUT2D eigenvalue weighted by Crippen LogP contribution is -2.03. The number of nitro benzene ring substituents is 1. The minimum Gasteiger partial charge on any atom is -0.477 e. The van der Waals surface area contributed by atoms with Crippen LogP contribution in [0.25, 0.3) is 0 Å². The van der Waals surface area contributed by atoms with Gasteiger partial charge in [-0.3, -0.25) is 15.1 Å². The van der Waals surface area contributed by atoms with Crippen LogP contribution in [0.5, 0.6) is 0 Å². The zero-order valence-electron chi connectivity index (χ0n) is 10.5. The normalized spacial score (nSPS) is 10.1. The van der Waals surface area contributed by atoms with Gasteiger partial charge in [0.05, 0.1) is 16.3 Å². The highest BCUT2D eigenvalue weighted by Crippen LogP contribution is 2.26. The van der Waals surface area contributed by atoms with Crippen molar-refractivity contribution >= 4 is 23.0 Å². The number of aryl methyl sites for hydroxylation is 1. The number of hydrogen-bond acceptors (Lipinski definition) is 5. The van der Waals surface area contributed by atoms with Crippen molar-refractivity contribution in [1.29, 1.82) is 0 Å². The first-order valence-corrected chi connectivity index (χ1v) is 5.69. The second-order valence-corrected chi connectivity index (χ2v) is 4.06. The van der Waals surface area contributed by atoms with Crippen LogP contribution in [-0.4, -0.2) is 21.0 Å². The van der Waals surface area contributed by atoms with E-state index in [2.05, 4.69) is 10.3 Å². The molecule has 0 spiro atoms. The average molecular weight is 273 g/mol. The first kappa shape index (κ1) is 13.5. The van der Waals surface area contributed by atoms with E-state index in [0.717, 1.165) is 5.69 Å². The molecule has 0 radical (unpaired) electrons. The number of nitro groups is 1. The van der Waals surface area contributed by atoms with Gasteiger partial charge in [-0.1, -0.05) is 0 Å². The lowest BCUT2D eigenvalue weighted by atomic mass is 10.1. The maximum absolute atomic E-state index is 10.9. The molecule has 0 aliphatic rings. The Bertz CT molecular complexity index is 685. The highest BCUT2D eigenvalue weighted by Gasteiger charge is 2.20. The molecule has 0 aliphatic carbocycles. The minimum atomic E-state index is -1.33. The molecule has 2 N–H and O–H groups in total. The van der Waals surface area contributed by atoms with E-state index in [0.29, 0.717) is 11.4 Å². The van der Waals surface area contributed by atoms with Gasteiger partial charge in [0.25, 0.3) is 5.69 Å². The van der Waals surface area contributed by atoms with Crippen molar-refractivity contribution in [2.24, 2.45) is 0 Å². The van der Waals surface area contributed by atoms with Crippen LogP contribution >= 0.6 is 0 Å². The Labute approximate surface area is 114 Å². The third kappa shape index (κ3) is 2.72. The van der Waals surface area contributed by atoms with Crippen LogP contribution in [-0.2, 0) is 0 Å². The second kappa shape index (κ2) is 5.35. The molecule has 20 heavy (non-hydrogen) atoms. The summed E-state index contributed by atoms with van der Waals surface area (Å²) in [7, 11) is 0. The molecule has 1 aromatic carbocycles. The van der Waals surface area contributed by atoms with E-state index in [-0.39, 0.29) is 5.56 Å². The molecular formula is C13H11N3O4. The molecule has 1 heterocycles. The van der Waals surface area contributed by atoms with Crippen LogP contribution in [0.1, 0.15) is 16.1 Å². The Morgan fingerprint density at radius 1 is 1.40 bits per heavy atom. The number of hydrogen-bond donors (Lipinski definition) is 2. The fourth-order valence-corrected chi connectivity index (χ4v) is 1.71. The quantitative estimate of drug-likeness (QED) is 0.655. The van der Waals surface area contributed by atoms with E-state index in [9.17, 15) is 14.9 Å². The van der Waals surface area contributed by atoms with Crippen molar-refractivity contribution in [3.05, 3.63) is 57.9 Å². The fraction of sp³-hybridized carbons (Fsp3) is 0.0769. The Morgan fingerprint density at radius 3 is 2.75 bits per heavy atom.